The summed E-state index contributed by atoms with van der Waals surface area (Å²) >= 11 is 13.1. The lowest BCUT2D eigenvalue weighted by Gasteiger charge is -2.35. The molecule has 1 aliphatic rings. The van der Waals surface area contributed by atoms with Gasteiger partial charge in [-0.25, -0.2) is 0 Å². The Balaban J connectivity index is 1.28. The van der Waals surface area contributed by atoms with Crippen LogP contribution >= 0.6 is 35.0 Å². The third-order valence-corrected chi connectivity index (χ3v) is 6.03. The number of Topliss-reactive ketones (excluding diaryl/α,β-unsaturated/α-hetero) is 1. The van der Waals surface area contributed by atoms with E-state index in [9.17, 15) is 9.59 Å². The van der Waals surface area contributed by atoms with E-state index in [0.717, 1.165) is 17.7 Å². The molecule has 28 heavy (non-hydrogen) atoms. The van der Waals surface area contributed by atoms with Crippen LogP contribution in [0.2, 0.25) is 10.0 Å². The third-order valence-electron chi connectivity index (χ3n) is 4.51. The Hall–Kier alpha value is -1.69. The van der Waals surface area contributed by atoms with Crippen molar-refractivity contribution in [3.05, 3.63) is 58.6 Å². The second-order valence-electron chi connectivity index (χ2n) is 6.83. The summed E-state index contributed by atoms with van der Waals surface area (Å²) in [6.45, 7) is 0.0624. The van der Waals surface area contributed by atoms with Crippen LogP contribution in [0.4, 0.5) is 0 Å². The van der Waals surface area contributed by atoms with Gasteiger partial charge in [0.25, 0.3) is 0 Å². The van der Waals surface area contributed by atoms with Crippen LogP contribution < -0.4 is 10.1 Å². The molecule has 1 N–H and O–H groups in total. The molecule has 1 saturated carbocycles. The predicted octanol–water partition coefficient (Wildman–Crippen LogP) is 5.02. The maximum absolute atomic E-state index is 12.0. The minimum absolute atomic E-state index is 0.0146. The zero-order valence-corrected chi connectivity index (χ0v) is 17.5. The molecule has 0 aliphatic heterocycles. The van der Waals surface area contributed by atoms with Crippen LogP contribution in [-0.4, -0.2) is 30.1 Å². The van der Waals surface area contributed by atoms with Crippen LogP contribution in [0, 0.1) is 5.92 Å². The van der Waals surface area contributed by atoms with Crippen LogP contribution in [-0.2, 0) is 9.59 Å². The Labute approximate surface area is 178 Å². The Kier molecular flexibility index (Phi) is 7.65. The predicted molar refractivity (Wildman–Crippen MR) is 113 cm³/mol. The third kappa shape index (κ3) is 6.73. The van der Waals surface area contributed by atoms with Crippen molar-refractivity contribution in [2.24, 2.45) is 5.92 Å². The Morgan fingerprint density at radius 2 is 1.61 bits per heavy atom. The van der Waals surface area contributed by atoms with Gasteiger partial charge in [-0.3, -0.25) is 9.59 Å². The summed E-state index contributed by atoms with van der Waals surface area (Å²) in [6.07, 6.45) is 2.16. The molecule has 0 heterocycles. The summed E-state index contributed by atoms with van der Waals surface area (Å²) in [5, 5.41) is 4.34. The van der Waals surface area contributed by atoms with Crippen LogP contribution in [0.5, 0.6) is 5.75 Å². The topological polar surface area (TPSA) is 55.4 Å². The molecule has 2 aromatic rings. The first kappa shape index (κ1) is 21.0. The number of hydrogen-bond acceptors (Lipinski definition) is 4. The van der Waals surface area contributed by atoms with Gasteiger partial charge in [-0.2, -0.15) is 0 Å². The molecule has 3 rings (SSSR count). The molecule has 0 unspecified atom stereocenters. The fraction of sp³-hybridized carbons (Fsp3) is 0.333. The summed E-state index contributed by atoms with van der Waals surface area (Å²) in [7, 11) is 0. The number of carbonyl (C=O) groups is 2. The molecule has 4 nitrogen and oxygen atoms in total. The quantitative estimate of drug-likeness (QED) is 0.559. The highest BCUT2D eigenvalue weighted by Gasteiger charge is 2.31. The molecular formula is C21H21Cl2NO3S. The Morgan fingerprint density at radius 1 is 1.00 bits per heavy atom. The van der Waals surface area contributed by atoms with Crippen molar-refractivity contribution >= 4 is 46.7 Å². The number of rotatable bonds is 9. The number of halogens is 2. The molecular weight excluding hydrogens is 417 g/mol. The first-order chi connectivity index (χ1) is 13.5. The van der Waals surface area contributed by atoms with Crippen LogP contribution in [0.15, 0.2) is 53.4 Å². The Bertz CT molecular complexity index is 738. The van der Waals surface area contributed by atoms with Crippen molar-refractivity contribution in [1.29, 1.82) is 0 Å². The zero-order chi connectivity index (χ0) is 19.9. The second kappa shape index (κ2) is 10.2. The van der Waals surface area contributed by atoms with Gasteiger partial charge >= 0.3 is 0 Å². The van der Waals surface area contributed by atoms with Gasteiger partial charge in [-0.15, -0.1) is 11.8 Å². The number of thioether (sulfide) groups is 1. The number of ketones is 1. The standard InChI is InChI=1S/C21H21Cl2NO3S/c22-15-1-5-19(6-2-15)27-12-18(25)11-14-9-17(10-14)24-21(26)13-28-20-7-3-16(23)4-8-20/h1-8,14,17H,9-13H2,(H,24,26). The molecule has 2 aromatic carbocycles. The highest BCUT2D eigenvalue weighted by Crippen LogP contribution is 2.31. The summed E-state index contributed by atoms with van der Waals surface area (Å²) in [5.74, 6) is 1.41. The molecule has 148 valence electrons. The van der Waals surface area contributed by atoms with Crippen molar-refractivity contribution < 1.29 is 14.3 Å². The van der Waals surface area contributed by atoms with Crippen LogP contribution in [0.25, 0.3) is 0 Å². The maximum atomic E-state index is 12.0. The first-order valence-corrected chi connectivity index (χ1v) is 10.8. The van der Waals surface area contributed by atoms with E-state index in [0.29, 0.717) is 33.9 Å². The normalized spacial score (nSPS) is 18.2. The van der Waals surface area contributed by atoms with Gasteiger partial charge in [0.05, 0.1) is 5.75 Å². The number of amides is 1. The average Bonchev–Trinajstić information content (AvgIpc) is 2.65. The van der Waals surface area contributed by atoms with Gasteiger partial charge in [0, 0.05) is 27.4 Å². The zero-order valence-electron chi connectivity index (χ0n) is 15.2. The van der Waals surface area contributed by atoms with E-state index in [-0.39, 0.29) is 24.3 Å². The number of carbonyl (C=O) groups excluding carboxylic acids is 2. The molecule has 7 heteroatoms. The lowest BCUT2D eigenvalue weighted by Crippen LogP contribution is -2.45. The molecule has 1 aliphatic carbocycles. The molecule has 1 amide bonds. The van der Waals surface area contributed by atoms with Gasteiger partial charge in [0.2, 0.25) is 5.91 Å². The van der Waals surface area contributed by atoms with E-state index < -0.39 is 0 Å². The van der Waals surface area contributed by atoms with Crippen LogP contribution in [0.1, 0.15) is 19.3 Å². The van der Waals surface area contributed by atoms with Crippen molar-refractivity contribution in [2.75, 3.05) is 12.4 Å². The minimum Gasteiger partial charge on any atom is -0.486 e. The van der Waals surface area contributed by atoms with Gasteiger partial charge in [0.1, 0.15) is 12.4 Å². The van der Waals surface area contributed by atoms with Gasteiger partial charge in [-0.05, 0) is 67.3 Å². The molecule has 0 spiro atoms. The average molecular weight is 438 g/mol. The van der Waals surface area contributed by atoms with Crippen molar-refractivity contribution in [3.8, 4) is 5.75 Å². The number of ether oxygens (including phenoxy) is 1. The molecule has 1 fully saturated rings. The summed E-state index contributed by atoms with van der Waals surface area (Å²) in [4.78, 5) is 25.1. The molecule has 0 radical (unpaired) electrons. The largest absolute Gasteiger partial charge is 0.486 e. The second-order valence-corrected chi connectivity index (χ2v) is 8.75. The lowest BCUT2D eigenvalue weighted by molar-refractivity contribution is -0.123. The number of benzene rings is 2. The van der Waals surface area contributed by atoms with Crippen LogP contribution in [0.3, 0.4) is 0 Å². The van der Waals surface area contributed by atoms with E-state index >= 15 is 0 Å². The highest BCUT2D eigenvalue weighted by atomic mass is 35.5. The Morgan fingerprint density at radius 3 is 2.25 bits per heavy atom. The number of nitrogens with one attached hydrogen (secondary N) is 1. The number of hydrogen-bond donors (Lipinski definition) is 1. The first-order valence-electron chi connectivity index (χ1n) is 9.06. The van der Waals surface area contributed by atoms with E-state index in [1.807, 2.05) is 24.3 Å². The SMILES string of the molecule is O=C(COc1ccc(Cl)cc1)CC1CC(NC(=O)CSc2ccc(Cl)cc2)C1. The van der Waals surface area contributed by atoms with E-state index in [1.54, 1.807) is 24.3 Å². The van der Waals surface area contributed by atoms with E-state index in [4.69, 9.17) is 27.9 Å². The van der Waals surface area contributed by atoms with E-state index in [2.05, 4.69) is 5.32 Å². The van der Waals surface area contributed by atoms with Gasteiger partial charge < -0.3 is 10.1 Å². The monoisotopic (exact) mass is 437 g/mol. The lowest BCUT2D eigenvalue weighted by atomic mass is 9.77. The fourth-order valence-corrected chi connectivity index (χ4v) is 4.01. The smallest absolute Gasteiger partial charge is 0.230 e. The molecule has 0 bridgehead atoms. The summed E-state index contributed by atoms with van der Waals surface area (Å²) in [5.41, 5.74) is 0. The van der Waals surface area contributed by atoms with Crippen molar-refractivity contribution in [3.63, 3.8) is 0 Å². The van der Waals surface area contributed by atoms with E-state index in [1.165, 1.54) is 11.8 Å². The molecule has 0 saturated heterocycles. The minimum atomic E-state index is 0.0146. The summed E-state index contributed by atoms with van der Waals surface area (Å²) in [6, 6.07) is 14.5. The van der Waals surface area contributed by atoms with Crippen molar-refractivity contribution in [2.45, 2.75) is 30.2 Å². The molecule has 0 aromatic heterocycles. The van der Waals surface area contributed by atoms with Crippen molar-refractivity contribution in [1.82, 2.24) is 5.32 Å². The maximum Gasteiger partial charge on any atom is 0.230 e. The molecule has 0 atom stereocenters. The van der Waals surface area contributed by atoms with Gasteiger partial charge in [-0.1, -0.05) is 23.2 Å². The highest BCUT2D eigenvalue weighted by molar-refractivity contribution is 8.00. The van der Waals surface area contributed by atoms with Gasteiger partial charge in [0.15, 0.2) is 5.78 Å². The fourth-order valence-electron chi connectivity index (χ4n) is 3.04. The summed E-state index contributed by atoms with van der Waals surface area (Å²) < 4.78 is 5.48.